The highest BCUT2D eigenvalue weighted by molar-refractivity contribution is 7.13. The minimum absolute atomic E-state index is 0.409. The molecule has 0 aliphatic rings. The first-order valence-electron chi connectivity index (χ1n) is 6.05. The first-order valence-corrected chi connectivity index (χ1v) is 6.93. The molecule has 1 atom stereocenters. The predicted molar refractivity (Wildman–Crippen MR) is 77.1 cm³/mol. The number of aliphatic carboxylic acids is 1. The van der Waals surface area contributed by atoms with E-state index in [-0.39, 0.29) is 0 Å². The third-order valence-electron chi connectivity index (χ3n) is 2.78. The van der Waals surface area contributed by atoms with E-state index in [2.05, 4.69) is 4.98 Å². The number of thiazole rings is 1. The number of carbonyl (C=O) groups is 1. The molecule has 1 N–H and O–H groups in total. The first-order chi connectivity index (χ1) is 9.08. The number of anilines is 2. The molecule has 19 heavy (non-hydrogen) atoms. The van der Waals surface area contributed by atoms with Gasteiger partial charge in [0.05, 0.1) is 11.6 Å². The number of para-hydroxylation sites is 1. The number of benzene rings is 1. The van der Waals surface area contributed by atoms with Crippen molar-refractivity contribution in [2.75, 3.05) is 11.4 Å². The predicted octanol–water partition coefficient (Wildman–Crippen LogP) is 3.31. The Morgan fingerprint density at radius 1 is 1.42 bits per heavy atom. The van der Waals surface area contributed by atoms with Gasteiger partial charge in [0, 0.05) is 17.6 Å². The van der Waals surface area contributed by atoms with E-state index in [9.17, 15) is 4.79 Å². The Morgan fingerprint density at radius 3 is 2.63 bits per heavy atom. The van der Waals surface area contributed by atoms with Crippen molar-refractivity contribution in [3.63, 3.8) is 0 Å². The van der Waals surface area contributed by atoms with Gasteiger partial charge in [-0.3, -0.25) is 4.79 Å². The number of hydrogen-bond donors (Lipinski definition) is 1. The van der Waals surface area contributed by atoms with E-state index in [1.807, 2.05) is 47.5 Å². The van der Waals surface area contributed by atoms with Gasteiger partial charge in [-0.05, 0) is 19.1 Å². The maximum absolute atomic E-state index is 11.1. The SMILES string of the molecule is Cc1csc(N(CC(C)C(=O)O)c2ccccc2)n1. The van der Waals surface area contributed by atoms with Crippen LogP contribution in [0, 0.1) is 12.8 Å². The van der Waals surface area contributed by atoms with Gasteiger partial charge in [-0.1, -0.05) is 25.1 Å². The Labute approximate surface area is 116 Å². The number of carboxylic acid groups (broad SMARTS) is 1. The normalized spacial score (nSPS) is 12.1. The number of aryl methyl sites for hydroxylation is 1. The number of rotatable bonds is 5. The van der Waals surface area contributed by atoms with Gasteiger partial charge in [-0.25, -0.2) is 4.98 Å². The Hall–Kier alpha value is -1.88. The maximum Gasteiger partial charge on any atom is 0.308 e. The summed E-state index contributed by atoms with van der Waals surface area (Å²) in [5.41, 5.74) is 1.91. The van der Waals surface area contributed by atoms with E-state index in [1.54, 1.807) is 6.92 Å². The monoisotopic (exact) mass is 276 g/mol. The van der Waals surface area contributed by atoms with Crippen LogP contribution in [0.1, 0.15) is 12.6 Å². The molecular weight excluding hydrogens is 260 g/mol. The molecule has 0 aliphatic carbocycles. The molecule has 0 fully saturated rings. The van der Waals surface area contributed by atoms with Crippen LogP contribution in [0.15, 0.2) is 35.7 Å². The van der Waals surface area contributed by atoms with Crippen LogP contribution in [-0.4, -0.2) is 22.6 Å². The average molecular weight is 276 g/mol. The molecule has 1 unspecified atom stereocenters. The second-order valence-corrected chi connectivity index (χ2v) is 5.29. The zero-order valence-electron chi connectivity index (χ0n) is 10.9. The first kappa shape index (κ1) is 13.5. The summed E-state index contributed by atoms with van der Waals surface area (Å²) in [4.78, 5) is 17.5. The van der Waals surface area contributed by atoms with E-state index < -0.39 is 11.9 Å². The lowest BCUT2D eigenvalue weighted by molar-refractivity contribution is -0.140. The average Bonchev–Trinajstić information content (AvgIpc) is 2.83. The highest BCUT2D eigenvalue weighted by Gasteiger charge is 2.19. The molecule has 0 aliphatic heterocycles. The topological polar surface area (TPSA) is 53.4 Å². The van der Waals surface area contributed by atoms with Crippen molar-refractivity contribution in [2.45, 2.75) is 13.8 Å². The highest BCUT2D eigenvalue weighted by Crippen LogP contribution is 2.29. The van der Waals surface area contributed by atoms with E-state index in [0.29, 0.717) is 6.54 Å². The summed E-state index contributed by atoms with van der Waals surface area (Å²) in [6, 6.07) is 9.74. The van der Waals surface area contributed by atoms with Gasteiger partial charge in [0.15, 0.2) is 5.13 Å². The fourth-order valence-electron chi connectivity index (χ4n) is 1.72. The summed E-state index contributed by atoms with van der Waals surface area (Å²) in [7, 11) is 0. The summed E-state index contributed by atoms with van der Waals surface area (Å²) in [6.45, 7) is 4.05. The molecule has 0 saturated carbocycles. The van der Waals surface area contributed by atoms with Gasteiger partial charge in [0.1, 0.15) is 0 Å². The number of carboxylic acids is 1. The molecule has 0 saturated heterocycles. The summed E-state index contributed by atoms with van der Waals surface area (Å²) < 4.78 is 0. The lowest BCUT2D eigenvalue weighted by atomic mass is 10.1. The van der Waals surface area contributed by atoms with Crippen molar-refractivity contribution in [1.29, 1.82) is 0 Å². The molecule has 0 spiro atoms. The molecule has 5 heteroatoms. The van der Waals surface area contributed by atoms with Crippen LogP contribution >= 0.6 is 11.3 Å². The van der Waals surface area contributed by atoms with Crippen LogP contribution in [0.2, 0.25) is 0 Å². The Kier molecular flexibility index (Phi) is 4.16. The number of nitrogens with zero attached hydrogens (tertiary/aromatic N) is 2. The second-order valence-electron chi connectivity index (χ2n) is 4.46. The van der Waals surface area contributed by atoms with Crippen LogP contribution < -0.4 is 4.90 Å². The maximum atomic E-state index is 11.1. The van der Waals surface area contributed by atoms with Gasteiger partial charge in [-0.15, -0.1) is 11.3 Å². The quantitative estimate of drug-likeness (QED) is 0.910. The van der Waals surface area contributed by atoms with E-state index in [4.69, 9.17) is 5.11 Å². The molecule has 100 valence electrons. The zero-order valence-corrected chi connectivity index (χ0v) is 11.7. The summed E-state index contributed by atoms with van der Waals surface area (Å²) in [5.74, 6) is -1.25. The van der Waals surface area contributed by atoms with Crippen LogP contribution in [-0.2, 0) is 4.79 Å². The smallest absolute Gasteiger partial charge is 0.308 e. The Bertz CT molecular complexity index is 554. The molecule has 0 radical (unpaired) electrons. The minimum Gasteiger partial charge on any atom is -0.481 e. The van der Waals surface area contributed by atoms with Crippen LogP contribution in [0.5, 0.6) is 0 Å². The van der Waals surface area contributed by atoms with Gasteiger partial charge >= 0.3 is 5.97 Å². The molecule has 1 aromatic carbocycles. The minimum atomic E-state index is -0.797. The molecule has 2 rings (SSSR count). The highest BCUT2D eigenvalue weighted by atomic mass is 32.1. The Balaban J connectivity index is 2.31. The third-order valence-corrected chi connectivity index (χ3v) is 3.77. The van der Waals surface area contributed by atoms with Crippen LogP contribution in [0.4, 0.5) is 10.8 Å². The molecule has 0 amide bonds. The van der Waals surface area contributed by atoms with Crippen molar-refractivity contribution in [2.24, 2.45) is 5.92 Å². The molecule has 1 heterocycles. The summed E-state index contributed by atoms with van der Waals surface area (Å²) >= 11 is 1.53. The van der Waals surface area contributed by atoms with Crippen molar-refractivity contribution in [1.82, 2.24) is 4.98 Å². The van der Waals surface area contributed by atoms with Crippen LogP contribution in [0.3, 0.4) is 0 Å². The van der Waals surface area contributed by atoms with Gasteiger partial charge in [0.2, 0.25) is 0 Å². The molecule has 4 nitrogen and oxygen atoms in total. The third kappa shape index (κ3) is 3.32. The number of hydrogen-bond acceptors (Lipinski definition) is 4. The number of aromatic nitrogens is 1. The Morgan fingerprint density at radius 2 is 2.11 bits per heavy atom. The van der Waals surface area contributed by atoms with Crippen LogP contribution in [0.25, 0.3) is 0 Å². The largest absolute Gasteiger partial charge is 0.481 e. The summed E-state index contributed by atoms with van der Waals surface area (Å²) in [6.07, 6.45) is 0. The summed E-state index contributed by atoms with van der Waals surface area (Å²) in [5, 5.41) is 11.9. The van der Waals surface area contributed by atoms with Crippen molar-refractivity contribution < 1.29 is 9.90 Å². The van der Waals surface area contributed by atoms with Gasteiger partial charge in [0.25, 0.3) is 0 Å². The van der Waals surface area contributed by atoms with Crippen molar-refractivity contribution in [3.05, 3.63) is 41.4 Å². The fourth-order valence-corrected chi connectivity index (χ4v) is 2.55. The fraction of sp³-hybridized carbons (Fsp3) is 0.286. The van der Waals surface area contributed by atoms with Gasteiger partial charge < -0.3 is 10.0 Å². The van der Waals surface area contributed by atoms with Crippen molar-refractivity contribution in [3.8, 4) is 0 Å². The second kappa shape index (κ2) is 5.84. The van der Waals surface area contributed by atoms with E-state index >= 15 is 0 Å². The van der Waals surface area contributed by atoms with Crippen molar-refractivity contribution >= 4 is 28.1 Å². The molecule has 2 aromatic rings. The zero-order chi connectivity index (χ0) is 13.8. The lowest BCUT2D eigenvalue weighted by Gasteiger charge is -2.23. The lowest BCUT2D eigenvalue weighted by Crippen LogP contribution is -2.28. The standard InChI is InChI=1S/C14H16N2O2S/c1-10(13(17)18)8-16(12-6-4-3-5-7-12)14-15-11(2)9-19-14/h3-7,9-10H,8H2,1-2H3,(H,17,18). The molecule has 0 bridgehead atoms. The van der Waals surface area contributed by atoms with E-state index in [1.165, 1.54) is 11.3 Å². The molecular formula is C14H16N2O2S. The van der Waals surface area contributed by atoms with E-state index in [0.717, 1.165) is 16.5 Å². The molecule has 1 aromatic heterocycles. The van der Waals surface area contributed by atoms with Gasteiger partial charge in [-0.2, -0.15) is 0 Å².